The predicted octanol–water partition coefficient (Wildman–Crippen LogP) is -0.0454. The Labute approximate surface area is 119 Å². The number of hydrogen-bond acceptors (Lipinski definition) is 8. The van der Waals surface area contributed by atoms with E-state index < -0.39 is 40.1 Å². The first-order chi connectivity index (χ1) is 9.76. The summed E-state index contributed by atoms with van der Waals surface area (Å²) in [7, 11) is 2.53. The minimum atomic E-state index is -1.87. The van der Waals surface area contributed by atoms with E-state index in [1.54, 1.807) is 0 Å². The van der Waals surface area contributed by atoms with Crippen LogP contribution >= 0.6 is 0 Å². The van der Waals surface area contributed by atoms with E-state index in [0.717, 1.165) is 13.1 Å². The van der Waals surface area contributed by atoms with Crippen LogP contribution in [0.5, 0.6) is 0 Å². The van der Waals surface area contributed by atoms with Gasteiger partial charge in [0, 0.05) is 21.1 Å². The second kappa shape index (κ2) is 6.41. The van der Waals surface area contributed by atoms with Crippen LogP contribution in [-0.4, -0.2) is 54.3 Å². The lowest BCUT2D eigenvalue weighted by Crippen LogP contribution is -2.41. The van der Waals surface area contributed by atoms with Gasteiger partial charge >= 0.3 is 11.9 Å². The van der Waals surface area contributed by atoms with Crippen LogP contribution in [0.25, 0.3) is 0 Å². The molecule has 0 fully saturated rings. The number of methoxy groups -OCH3 is 2. The van der Waals surface area contributed by atoms with Gasteiger partial charge in [0.2, 0.25) is 11.9 Å². The maximum absolute atomic E-state index is 11.1. The van der Waals surface area contributed by atoms with Gasteiger partial charge < -0.3 is 19.3 Å². The normalized spacial score (nSPS) is 18.2. The highest BCUT2D eigenvalue weighted by Crippen LogP contribution is 2.30. The summed E-state index contributed by atoms with van der Waals surface area (Å²) < 4.78 is 14.6. The van der Waals surface area contributed by atoms with Crippen molar-refractivity contribution in [2.45, 2.75) is 25.2 Å². The Morgan fingerprint density at radius 3 is 2.43 bits per heavy atom. The molecule has 1 aliphatic rings. The second-order valence-corrected chi connectivity index (χ2v) is 4.07. The zero-order valence-corrected chi connectivity index (χ0v) is 11.6. The Morgan fingerprint density at radius 1 is 1.48 bits per heavy atom. The molecule has 0 bridgehead atoms. The molecule has 0 radical (unpaired) electrons. The summed E-state index contributed by atoms with van der Waals surface area (Å²) >= 11 is 0. The number of aliphatic carboxylic acids is 1. The quantitative estimate of drug-likeness (QED) is 0.312. The zero-order chi connectivity index (χ0) is 16.2. The molecule has 0 amide bonds. The molecule has 10 nitrogen and oxygen atoms in total. The van der Waals surface area contributed by atoms with Gasteiger partial charge in [-0.3, -0.25) is 14.9 Å². The van der Waals surface area contributed by atoms with Crippen molar-refractivity contribution in [1.29, 1.82) is 0 Å². The number of aliphatic imine (C=N–C) groups is 1. The van der Waals surface area contributed by atoms with Crippen molar-refractivity contribution in [2.75, 3.05) is 14.2 Å². The van der Waals surface area contributed by atoms with Crippen LogP contribution in [0.4, 0.5) is 0 Å². The Bertz CT molecular complexity index is 520. The van der Waals surface area contributed by atoms with Crippen molar-refractivity contribution >= 4 is 18.2 Å². The predicted molar refractivity (Wildman–Crippen MR) is 67.1 cm³/mol. The minimum Gasteiger partial charge on any atom is -0.478 e. The third-order valence-corrected chi connectivity index (χ3v) is 2.78. The lowest BCUT2D eigenvalue weighted by atomic mass is 10.0. The maximum Gasteiger partial charge on any atom is 0.351 e. The number of rotatable bonds is 6. The van der Waals surface area contributed by atoms with E-state index >= 15 is 0 Å². The number of carboxylic acid groups (broad SMARTS) is 1. The second-order valence-electron chi connectivity index (χ2n) is 4.07. The van der Waals surface area contributed by atoms with Crippen molar-refractivity contribution in [3.8, 4) is 0 Å². The number of ether oxygens (including phenoxy) is 3. The molecule has 1 heterocycles. The van der Waals surface area contributed by atoms with Crippen molar-refractivity contribution in [3.63, 3.8) is 0 Å². The lowest BCUT2D eigenvalue weighted by Gasteiger charge is -2.29. The fraction of sp³-hybridized carbons (Fsp3) is 0.545. The minimum absolute atomic E-state index is 0.378. The van der Waals surface area contributed by atoms with Crippen molar-refractivity contribution in [2.24, 2.45) is 4.99 Å². The average Bonchev–Trinajstić information content (AvgIpc) is 2.43. The standard InChI is InChI=1S/C11H14N2O8/c1-6(14)21-9(10(15)16)8-7(13(17)18)4-11(19-2,20-3)5-12-8/h5,9H,4H2,1-3H3,(H,15,16). The first-order valence-corrected chi connectivity index (χ1v) is 5.69. The SMILES string of the molecule is COC1(OC)C=NC(C(OC(C)=O)C(=O)O)=C([N+](=O)[O-])C1. The number of carbonyl (C=O) groups excluding carboxylic acids is 1. The van der Waals surface area contributed by atoms with Crippen LogP contribution in [0.1, 0.15) is 13.3 Å². The molecule has 1 aliphatic heterocycles. The molecule has 0 aromatic carbocycles. The van der Waals surface area contributed by atoms with E-state index in [0.29, 0.717) is 0 Å². The number of carbonyl (C=O) groups is 2. The molecule has 0 saturated carbocycles. The highest BCUT2D eigenvalue weighted by Gasteiger charge is 2.43. The van der Waals surface area contributed by atoms with Crippen LogP contribution in [0.2, 0.25) is 0 Å². The van der Waals surface area contributed by atoms with Gasteiger partial charge in [-0.05, 0) is 0 Å². The molecular weight excluding hydrogens is 288 g/mol. The highest BCUT2D eigenvalue weighted by molar-refractivity contribution is 5.82. The van der Waals surface area contributed by atoms with Crippen LogP contribution < -0.4 is 0 Å². The summed E-state index contributed by atoms with van der Waals surface area (Å²) in [6.07, 6.45) is -1.16. The first-order valence-electron chi connectivity index (χ1n) is 5.69. The summed E-state index contributed by atoms with van der Waals surface area (Å²) in [6, 6.07) is 0. The van der Waals surface area contributed by atoms with E-state index in [1.165, 1.54) is 14.2 Å². The lowest BCUT2D eigenvalue weighted by molar-refractivity contribution is -0.435. The van der Waals surface area contributed by atoms with Gasteiger partial charge in [0.1, 0.15) is 6.42 Å². The van der Waals surface area contributed by atoms with Crippen LogP contribution in [0.15, 0.2) is 16.4 Å². The molecule has 21 heavy (non-hydrogen) atoms. The van der Waals surface area contributed by atoms with Crippen LogP contribution in [0, 0.1) is 10.1 Å². The molecule has 1 unspecified atom stereocenters. The fourth-order valence-electron chi connectivity index (χ4n) is 1.71. The van der Waals surface area contributed by atoms with Crippen LogP contribution in [-0.2, 0) is 23.8 Å². The average molecular weight is 302 g/mol. The van der Waals surface area contributed by atoms with E-state index in [1.807, 2.05) is 0 Å². The zero-order valence-electron chi connectivity index (χ0n) is 11.6. The Morgan fingerprint density at radius 2 is 2.05 bits per heavy atom. The van der Waals surface area contributed by atoms with Gasteiger partial charge in [0.15, 0.2) is 5.70 Å². The summed E-state index contributed by atoms with van der Waals surface area (Å²) in [6.45, 7) is 0.990. The number of hydrogen-bond donors (Lipinski definition) is 1. The van der Waals surface area contributed by atoms with E-state index in [9.17, 15) is 19.7 Å². The fourth-order valence-corrected chi connectivity index (χ4v) is 1.71. The number of nitro groups is 1. The third kappa shape index (κ3) is 3.61. The highest BCUT2D eigenvalue weighted by atomic mass is 16.7. The third-order valence-electron chi connectivity index (χ3n) is 2.78. The molecule has 10 heteroatoms. The molecule has 1 atom stereocenters. The molecule has 0 aliphatic carbocycles. The summed E-state index contributed by atoms with van der Waals surface area (Å²) in [5, 5.41) is 20.2. The molecule has 0 saturated heterocycles. The van der Waals surface area contributed by atoms with Crippen molar-refractivity contribution < 1.29 is 33.8 Å². The summed E-state index contributed by atoms with van der Waals surface area (Å²) in [4.78, 5) is 36.1. The van der Waals surface area contributed by atoms with E-state index in [2.05, 4.69) is 9.73 Å². The molecule has 1 rings (SSSR count). The largest absolute Gasteiger partial charge is 0.478 e. The molecule has 0 spiro atoms. The topological polar surface area (TPSA) is 138 Å². The Balaban J connectivity index is 3.29. The van der Waals surface area contributed by atoms with Crippen molar-refractivity contribution in [3.05, 3.63) is 21.5 Å². The summed E-state index contributed by atoms with van der Waals surface area (Å²) in [5.41, 5.74) is -1.04. The van der Waals surface area contributed by atoms with Crippen LogP contribution in [0.3, 0.4) is 0 Å². The monoisotopic (exact) mass is 302 g/mol. The smallest absolute Gasteiger partial charge is 0.351 e. The summed E-state index contributed by atoms with van der Waals surface area (Å²) in [5.74, 6) is -3.94. The van der Waals surface area contributed by atoms with E-state index in [-0.39, 0.29) is 6.42 Å². The Hall–Kier alpha value is -2.33. The number of carboxylic acids is 1. The molecule has 116 valence electrons. The van der Waals surface area contributed by atoms with E-state index in [4.69, 9.17) is 14.6 Å². The van der Waals surface area contributed by atoms with Gasteiger partial charge in [0.05, 0.1) is 11.1 Å². The molecule has 1 N–H and O–H groups in total. The van der Waals surface area contributed by atoms with Gasteiger partial charge in [-0.15, -0.1) is 0 Å². The molecular formula is C11H14N2O8. The Kier molecular flexibility index (Phi) is 5.11. The first kappa shape index (κ1) is 16.7. The van der Waals surface area contributed by atoms with Crippen molar-refractivity contribution in [1.82, 2.24) is 0 Å². The van der Waals surface area contributed by atoms with Gasteiger partial charge in [-0.1, -0.05) is 0 Å². The maximum atomic E-state index is 11.1. The molecule has 0 aromatic heterocycles. The number of esters is 1. The molecule has 0 aromatic rings. The number of nitrogens with zero attached hydrogens (tertiary/aromatic N) is 2. The van der Waals surface area contributed by atoms with Gasteiger partial charge in [-0.25, -0.2) is 9.79 Å². The van der Waals surface area contributed by atoms with Gasteiger partial charge in [0.25, 0.3) is 5.70 Å². The van der Waals surface area contributed by atoms with Gasteiger partial charge in [-0.2, -0.15) is 0 Å².